The number of aromatic nitrogens is 2. The summed E-state index contributed by atoms with van der Waals surface area (Å²) in [4.78, 5) is 8.52. The number of hydrogen-bond donors (Lipinski definition) is 0. The normalized spacial score (nSPS) is 8.94. The van der Waals surface area contributed by atoms with Gasteiger partial charge in [-0.25, -0.2) is 0 Å². The third-order valence-corrected chi connectivity index (χ3v) is 2.16. The number of nitrogens with zero attached hydrogens (tertiary/aromatic N) is 2. The standard InChI is InChI=1S/C13H13N2.CH3.Pt/c1-3-10-14-12(6-1)8-5-9-13-7-2-4-11-15-13;;/h1-7,10-11H,8-9H2;1H3;/q2*-1;+2. The first-order chi connectivity index (χ1) is 7.45. The van der Waals surface area contributed by atoms with Crippen LogP contribution in [0.1, 0.15) is 11.4 Å². The van der Waals surface area contributed by atoms with Crippen molar-refractivity contribution in [3.8, 4) is 0 Å². The van der Waals surface area contributed by atoms with Gasteiger partial charge in [-0.05, 0) is 24.3 Å². The summed E-state index contributed by atoms with van der Waals surface area (Å²) in [6.07, 6.45) is 7.65. The zero-order chi connectivity index (χ0) is 10.3. The minimum absolute atomic E-state index is 0. The van der Waals surface area contributed by atoms with Gasteiger partial charge in [-0.1, -0.05) is 12.1 Å². The molecular formula is C14H16N2Pt. The van der Waals surface area contributed by atoms with E-state index < -0.39 is 0 Å². The Morgan fingerprint density at radius 2 is 1.29 bits per heavy atom. The molecule has 0 bridgehead atoms. The van der Waals surface area contributed by atoms with Crippen molar-refractivity contribution in [2.45, 2.75) is 12.8 Å². The summed E-state index contributed by atoms with van der Waals surface area (Å²) in [5.74, 6) is 0. The van der Waals surface area contributed by atoms with Crippen molar-refractivity contribution in [1.82, 2.24) is 9.97 Å². The third-order valence-electron chi connectivity index (χ3n) is 2.16. The van der Waals surface area contributed by atoms with Crippen LogP contribution >= 0.6 is 0 Å². The van der Waals surface area contributed by atoms with Gasteiger partial charge >= 0.3 is 21.1 Å². The Labute approximate surface area is 118 Å². The Hall–Kier alpha value is -1.01. The van der Waals surface area contributed by atoms with Gasteiger partial charge in [-0.3, -0.25) is 9.97 Å². The van der Waals surface area contributed by atoms with Gasteiger partial charge < -0.3 is 13.8 Å². The molecule has 92 valence electrons. The molecule has 0 amide bonds. The van der Waals surface area contributed by atoms with E-state index in [0.717, 1.165) is 24.2 Å². The van der Waals surface area contributed by atoms with E-state index in [1.54, 1.807) is 0 Å². The van der Waals surface area contributed by atoms with Gasteiger partial charge in [0.05, 0.1) is 0 Å². The molecule has 0 aliphatic carbocycles. The minimum atomic E-state index is 0. The maximum Gasteiger partial charge on any atom is 2.00 e. The van der Waals surface area contributed by atoms with E-state index in [-0.39, 0.29) is 28.5 Å². The molecule has 2 aromatic rings. The summed E-state index contributed by atoms with van der Waals surface area (Å²) in [5.41, 5.74) is 2.21. The van der Waals surface area contributed by atoms with Gasteiger partial charge in [0.25, 0.3) is 0 Å². The fraction of sp³-hybridized carbons (Fsp3) is 0.143. The zero-order valence-electron chi connectivity index (χ0n) is 9.82. The Bertz CT molecular complexity index is 350. The number of rotatable bonds is 4. The fourth-order valence-electron chi connectivity index (χ4n) is 1.41. The second-order valence-electron chi connectivity index (χ2n) is 3.34. The van der Waals surface area contributed by atoms with Crippen LogP contribution in [-0.2, 0) is 33.9 Å². The largest absolute Gasteiger partial charge is 2.00 e. The first-order valence-electron chi connectivity index (χ1n) is 5.06. The van der Waals surface area contributed by atoms with Crippen LogP contribution in [0.25, 0.3) is 0 Å². The number of pyridine rings is 2. The summed E-state index contributed by atoms with van der Waals surface area (Å²) in [7, 11) is 0. The van der Waals surface area contributed by atoms with Crippen LogP contribution in [0.2, 0.25) is 0 Å². The zero-order valence-corrected chi connectivity index (χ0v) is 12.1. The van der Waals surface area contributed by atoms with Gasteiger partial charge in [0, 0.05) is 23.8 Å². The smallest absolute Gasteiger partial charge is 0.358 e. The Kier molecular flexibility index (Phi) is 8.52. The molecule has 0 atom stereocenters. The predicted octanol–water partition coefficient (Wildman–Crippen LogP) is 2.91. The molecule has 0 aromatic carbocycles. The van der Waals surface area contributed by atoms with Crippen LogP contribution in [0, 0.1) is 13.8 Å². The molecule has 2 heterocycles. The summed E-state index contributed by atoms with van der Waals surface area (Å²) in [5, 5.41) is 0. The van der Waals surface area contributed by atoms with Gasteiger partial charge in [-0.2, -0.15) is 0 Å². The summed E-state index contributed by atoms with van der Waals surface area (Å²) < 4.78 is 0. The van der Waals surface area contributed by atoms with Gasteiger partial charge in [0.1, 0.15) is 0 Å². The van der Waals surface area contributed by atoms with E-state index in [2.05, 4.69) is 16.4 Å². The molecule has 0 radical (unpaired) electrons. The molecule has 0 N–H and O–H groups in total. The summed E-state index contributed by atoms with van der Waals surface area (Å²) in [6, 6.07) is 12.0. The molecule has 17 heavy (non-hydrogen) atoms. The molecule has 3 heteroatoms. The first-order valence-corrected chi connectivity index (χ1v) is 5.06. The Balaban J connectivity index is 0.00000128. The van der Waals surface area contributed by atoms with Crippen LogP contribution in [0.4, 0.5) is 0 Å². The Morgan fingerprint density at radius 3 is 1.65 bits per heavy atom. The molecule has 0 saturated carbocycles. The number of hydrogen-bond acceptors (Lipinski definition) is 2. The molecule has 0 aliphatic rings. The molecule has 0 unspecified atom stereocenters. The van der Waals surface area contributed by atoms with E-state index in [1.165, 1.54) is 0 Å². The topological polar surface area (TPSA) is 25.8 Å². The molecule has 2 nitrogen and oxygen atoms in total. The van der Waals surface area contributed by atoms with E-state index in [0.29, 0.717) is 0 Å². The summed E-state index contributed by atoms with van der Waals surface area (Å²) in [6.45, 7) is 0. The van der Waals surface area contributed by atoms with Crippen molar-refractivity contribution in [3.05, 3.63) is 74.0 Å². The first kappa shape index (κ1) is 16.0. The average Bonchev–Trinajstić information content (AvgIpc) is 2.32. The van der Waals surface area contributed by atoms with E-state index in [1.807, 2.05) is 48.8 Å². The van der Waals surface area contributed by atoms with Crippen LogP contribution in [0.15, 0.2) is 48.8 Å². The fourth-order valence-corrected chi connectivity index (χ4v) is 1.41. The van der Waals surface area contributed by atoms with E-state index in [4.69, 9.17) is 0 Å². The van der Waals surface area contributed by atoms with Crippen LogP contribution < -0.4 is 0 Å². The van der Waals surface area contributed by atoms with Crippen LogP contribution in [0.5, 0.6) is 0 Å². The SMILES string of the molecule is [CH3-].[Pt+2].c1ccc(C[CH-]Cc2ccccn2)nc1. The van der Waals surface area contributed by atoms with E-state index in [9.17, 15) is 0 Å². The van der Waals surface area contributed by atoms with Crippen molar-refractivity contribution in [2.24, 2.45) is 0 Å². The van der Waals surface area contributed by atoms with Crippen LogP contribution in [-0.4, -0.2) is 9.97 Å². The van der Waals surface area contributed by atoms with Crippen molar-refractivity contribution >= 4 is 0 Å². The molecule has 0 saturated heterocycles. The molecule has 0 fully saturated rings. The maximum absolute atomic E-state index is 4.26. The van der Waals surface area contributed by atoms with Gasteiger partial charge in [-0.15, -0.1) is 12.8 Å². The summed E-state index contributed by atoms with van der Waals surface area (Å²) >= 11 is 0. The maximum atomic E-state index is 4.26. The molecule has 2 aromatic heterocycles. The molecular weight excluding hydrogens is 391 g/mol. The third kappa shape index (κ3) is 5.74. The Morgan fingerprint density at radius 1 is 0.824 bits per heavy atom. The van der Waals surface area contributed by atoms with E-state index >= 15 is 0 Å². The minimum Gasteiger partial charge on any atom is -0.358 e. The second kappa shape index (κ2) is 9.06. The van der Waals surface area contributed by atoms with Crippen molar-refractivity contribution in [2.75, 3.05) is 0 Å². The van der Waals surface area contributed by atoms with Gasteiger partial charge in [0.15, 0.2) is 0 Å². The second-order valence-corrected chi connectivity index (χ2v) is 3.34. The molecule has 0 spiro atoms. The monoisotopic (exact) mass is 407 g/mol. The van der Waals surface area contributed by atoms with Crippen molar-refractivity contribution in [1.29, 1.82) is 0 Å². The molecule has 0 aliphatic heterocycles. The average molecular weight is 407 g/mol. The van der Waals surface area contributed by atoms with Crippen LogP contribution in [0.3, 0.4) is 0 Å². The van der Waals surface area contributed by atoms with Gasteiger partial charge in [0.2, 0.25) is 0 Å². The van der Waals surface area contributed by atoms with Crippen molar-refractivity contribution < 1.29 is 21.1 Å². The quantitative estimate of drug-likeness (QED) is 0.729. The van der Waals surface area contributed by atoms with Crippen molar-refractivity contribution in [3.63, 3.8) is 0 Å². The molecule has 2 rings (SSSR count). The predicted molar refractivity (Wildman–Crippen MR) is 66.6 cm³/mol.